The van der Waals surface area contributed by atoms with Gasteiger partial charge in [0.15, 0.2) is 0 Å². The molecule has 0 aliphatic carbocycles. The van der Waals surface area contributed by atoms with Crippen molar-refractivity contribution < 1.29 is 13.9 Å². The predicted octanol–water partition coefficient (Wildman–Crippen LogP) is 1.57. The average Bonchev–Trinajstić information content (AvgIpc) is 2.29. The third-order valence-electron chi connectivity index (χ3n) is 2.40. The van der Waals surface area contributed by atoms with Crippen LogP contribution in [0.15, 0.2) is 18.3 Å². The van der Waals surface area contributed by atoms with Gasteiger partial charge in [0.05, 0.1) is 13.2 Å². The van der Waals surface area contributed by atoms with Gasteiger partial charge in [-0.2, -0.15) is 0 Å². The molecule has 1 aromatic heterocycles. The number of pyridine rings is 1. The summed E-state index contributed by atoms with van der Waals surface area (Å²) in [7, 11) is 0. The van der Waals surface area contributed by atoms with Gasteiger partial charge in [-0.25, -0.2) is 13.8 Å². The number of alkyl halides is 2. The molecular weight excluding hydrogens is 240 g/mol. The van der Waals surface area contributed by atoms with Gasteiger partial charge in [0.2, 0.25) is 0 Å². The van der Waals surface area contributed by atoms with E-state index in [1.54, 1.807) is 12.3 Å². The summed E-state index contributed by atoms with van der Waals surface area (Å²) < 4.78 is 24.7. The smallest absolute Gasteiger partial charge is 0.251 e. The molecule has 0 bridgehead atoms. The second-order valence-corrected chi connectivity index (χ2v) is 3.93. The van der Waals surface area contributed by atoms with Gasteiger partial charge in [-0.05, 0) is 24.6 Å². The number of hydrogen-bond donors (Lipinski definition) is 2. The highest BCUT2D eigenvalue weighted by Crippen LogP contribution is 2.10. The monoisotopic (exact) mass is 259 g/mol. The van der Waals surface area contributed by atoms with Crippen molar-refractivity contribution in [3.05, 3.63) is 23.9 Å². The van der Waals surface area contributed by atoms with Crippen LogP contribution in [-0.4, -0.2) is 47.7 Å². The fourth-order valence-electron chi connectivity index (χ4n) is 1.68. The number of halogens is 2. The Hall–Kier alpha value is -1.27. The fourth-order valence-corrected chi connectivity index (χ4v) is 1.68. The van der Waals surface area contributed by atoms with E-state index in [1.807, 2.05) is 13.0 Å². The number of aromatic nitrogens is 1. The van der Waals surface area contributed by atoms with E-state index >= 15 is 0 Å². The number of aliphatic hydroxyl groups excluding tert-OH is 1. The largest absolute Gasteiger partial charge is 0.395 e. The van der Waals surface area contributed by atoms with Crippen LogP contribution in [0.4, 0.5) is 14.6 Å². The molecule has 2 N–H and O–H groups in total. The summed E-state index contributed by atoms with van der Waals surface area (Å²) in [5.74, 6) is 0.732. The van der Waals surface area contributed by atoms with Crippen LogP contribution in [0, 0.1) is 0 Å². The van der Waals surface area contributed by atoms with Crippen LogP contribution >= 0.6 is 0 Å². The minimum absolute atomic E-state index is 0.127. The molecule has 0 aromatic carbocycles. The van der Waals surface area contributed by atoms with E-state index < -0.39 is 6.43 Å². The molecule has 18 heavy (non-hydrogen) atoms. The van der Waals surface area contributed by atoms with Gasteiger partial charge in [-0.3, -0.25) is 4.90 Å². The lowest BCUT2D eigenvalue weighted by Crippen LogP contribution is -2.31. The first-order chi connectivity index (χ1) is 8.65. The lowest BCUT2D eigenvalue weighted by molar-refractivity contribution is 0.0746. The molecule has 1 rings (SSSR count). The molecule has 0 saturated carbocycles. The molecule has 0 aliphatic rings. The molecule has 0 radical (unpaired) electrons. The Morgan fingerprint density at radius 1 is 1.50 bits per heavy atom. The van der Waals surface area contributed by atoms with Crippen molar-refractivity contribution in [3.63, 3.8) is 0 Å². The fraction of sp³-hybridized carbons (Fsp3) is 0.583. The number of nitrogens with zero attached hydrogens (tertiary/aromatic N) is 2. The molecule has 1 heterocycles. The van der Waals surface area contributed by atoms with Crippen molar-refractivity contribution in [2.24, 2.45) is 0 Å². The summed E-state index contributed by atoms with van der Waals surface area (Å²) in [5, 5.41) is 11.9. The van der Waals surface area contributed by atoms with Crippen molar-refractivity contribution in [1.29, 1.82) is 0 Å². The minimum Gasteiger partial charge on any atom is -0.395 e. The molecule has 0 fully saturated rings. The van der Waals surface area contributed by atoms with Gasteiger partial charge in [0, 0.05) is 25.8 Å². The summed E-state index contributed by atoms with van der Waals surface area (Å²) in [6.07, 6.45) is -0.751. The van der Waals surface area contributed by atoms with Gasteiger partial charge < -0.3 is 10.4 Å². The molecule has 0 aliphatic heterocycles. The second kappa shape index (κ2) is 7.94. The molecular formula is C12H19F2N3O. The summed E-state index contributed by atoms with van der Waals surface area (Å²) in [5.41, 5.74) is 0.898. The van der Waals surface area contributed by atoms with Gasteiger partial charge >= 0.3 is 0 Å². The van der Waals surface area contributed by atoms with Crippen LogP contribution in [0.2, 0.25) is 0 Å². The summed E-state index contributed by atoms with van der Waals surface area (Å²) in [6.45, 7) is 2.88. The SMILES string of the molecule is CCNc1cc(CN(CCO)CC(F)F)ccn1. The number of nitrogens with one attached hydrogen (secondary N) is 1. The maximum Gasteiger partial charge on any atom is 0.251 e. The molecule has 0 atom stereocenters. The van der Waals surface area contributed by atoms with Crippen LogP contribution in [0.3, 0.4) is 0 Å². The highest BCUT2D eigenvalue weighted by Gasteiger charge is 2.12. The van der Waals surface area contributed by atoms with Crippen molar-refractivity contribution in [2.45, 2.75) is 19.9 Å². The van der Waals surface area contributed by atoms with E-state index in [9.17, 15) is 8.78 Å². The first-order valence-electron chi connectivity index (χ1n) is 5.95. The van der Waals surface area contributed by atoms with Crippen LogP contribution in [-0.2, 0) is 6.54 Å². The number of rotatable bonds is 8. The minimum atomic E-state index is -2.40. The Kier molecular flexibility index (Phi) is 6.53. The average molecular weight is 259 g/mol. The molecule has 0 spiro atoms. The first kappa shape index (κ1) is 14.8. The standard InChI is InChI=1S/C12H19F2N3O/c1-2-15-12-7-10(3-4-16-12)8-17(5-6-18)9-11(13)14/h3-4,7,11,18H,2,5-6,8-9H2,1H3,(H,15,16). The zero-order valence-corrected chi connectivity index (χ0v) is 10.4. The lowest BCUT2D eigenvalue weighted by Gasteiger charge is -2.21. The first-order valence-corrected chi connectivity index (χ1v) is 5.95. The van der Waals surface area contributed by atoms with E-state index in [0.717, 1.165) is 17.9 Å². The van der Waals surface area contributed by atoms with Gasteiger partial charge in [0.1, 0.15) is 5.82 Å². The highest BCUT2D eigenvalue weighted by atomic mass is 19.3. The summed E-state index contributed by atoms with van der Waals surface area (Å²) in [4.78, 5) is 5.64. The van der Waals surface area contributed by atoms with E-state index in [1.165, 1.54) is 4.90 Å². The predicted molar refractivity (Wildman–Crippen MR) is 66.8 cm³/mol. The van der Waals surface area contributed by atoms with Crippen molar-refractivity contribution in [3.8, 4) is 0 Å². The van der Waals surface area contributed by atoms with E-state index in [2.05, 4.69) is 10.3 Å². The third-order valence-corrected chi connectivity index (χ3v) is 2.40. The lowest BCUT2D eigenvalue weighted by atomic mass is 10.2. The topological polar surface area (TPSA) is 48.4 Å². The molecule has 0 amide bonds. The quantitative estimate of drug-likeness (QED) is 0.744. The van der Waals surface area contributed by atoms with Crippen LogP contribution in [0.5, 0.6) is 0 Å². The van der Waals surface area contributed by atoms with Gasteiger partial charge in [-0.15, -0.1) is 0 Å². The summed E-state index contributed by atoms with van der Waals surface area (Å²) >= 11 is 0. The molecule has 102 valence electrons. The van der Waals surface area contributed by atoms with Crippen molar-refractivity contribution in [1.82, 2.24) is 9.88 Å². The number of aliphatic hydroxyl groups is 1. The Balaban J connectivity index is 2.64. The Bertz CT molecular complexity index is 350. The summed E-state index contributed by atoms with van der Waals surface area (Å²) in [6, 6.07) is 3.62. The zero-order valence-electron chi connectivity index (χ0n) is 10.4. The van der Waals surface area contributed by atoms with Crippen LogP contribution in [0.25, 0.3) is 0 Å². The maximum absolute atomic E-state index is 12.4. The number of anilines is 1. The molecule has 0 saturated heterocycles. The van der Waals surface area contributed by atoms with Crippen LogP contribution in [0.1, 0.15) is 12.5 Å². The molecule has 4 nitrogen and oxygen atoms in total. The Labute approximate surface area is 106 Å². The normalized spacial score (nSPS) is 11.2. The van der Waals surface area contributed by atoms with Crippen LogP contribution < -0.4 is 5.32 Å². The van der Waals surface area contributed by atoms with Gasteiger partial charge in [0.25, 0.3) is 6.43 Å². The van der Waals surface area contributed by atoms with E-state index in [4.69, 9.17) is 5.11 Å². The zero-order chi connectivity index (χ0) is 13.4. The van der Waals surface area contributed by atoms with E-state index in [0.29, 0.717) is 6.54 Å². The maximum atomic E-state index is 12.4. The third kappa shape index (κ3) is 5.37. The van der Waals surface area contributed by atoms with Crippen molar-refractivity contribution in [2.75, 3.05) is 31.6 Å². The van der Waals surface area contributed by atoms with E-state index in [-0.39, 0.29) is 19.7 Å². The molecule has 1 aromatic rings. The van der Waals surface area contributed by atoms with Crippen molar-refractivity contribution >= 4 is 5.82 Å². The number of hydrogen-bond acceptors (Lipinski definition) is 4. The van der Waals surface area contributed by atoms with Gasteiger partial charge in [-0.1, -0.05) is 0 Å². The molecule has 0 unspecified atom stereocenters. The Morgan fingerprint density at radius 2 is 2.28 bits per heavy atom. The second-order valence-electron chi connectivity index (χ2n) is 3.93. The molecule has 6 heteroatoms. The Morgan fingerprint density at radius 3 is 2.89 bits per heavy atom. The highest BCUT2D eigenvalue weighted by molar-refractivity contribution is 5.37.